The summed E-state index contributed by atoms with van der Waals surface area (Å²) >= 11 is 0. The number of sulfonamides is 2. The summed E-state index contributed by atoms with van der Waals surface area (Å²) in [5.74, 6) is -2.20. The molecule has 21 heteroatoms. The zero-order valence-corrected chi connectivity index (χ0v) is 47.7. The third-order valence-corrected chi connectivity index (χ3v) is 17.0. The Hall–Kier alpha value is -8.66. The molecule has 2 heterocycles. The Balaban J connectivity index is 0.000000201. The topological polar surface area (TPSA) is 266 Å². The molecule has 0 atom stereocenters. The van der Waals surface area contributed by atoms with Gasteiger partial charge in [-0.15, -0.1) is 0 Å². The van der Waals surface area contributed by atoms with Crippen molar-refractivity contribution >= 4 is 77.3 Å². The van der Waals surface area contributed by atoms with Crippen molar-refractivity contribution in [1.29, 1.82) is 0 Å². The number of amides is 3. The van der Waals surface area contributed by atoms with E-state index in [2.05, 4.69) is 10.6 Å². The van der Waals surface area contributed by atoms with Crippen molar-refractivity contribution < 1.29 is 68.3 Å². The zero-order valence-electron chi connectivity index (χ0n) is 52.1. The highest BCUT2D eigenvalue weighted by molar-refractivity contribution is 7.90. The van der Waals surface area contributed by atoms with Gasteiger partial charge in [-0.1, -0.05) is 48.5 Å². The number of fused-ring (bicyclic) bond motifs is 2. The summed E-state index contributed by atoms with van der Waals surface area (Å²) in [6.45, 7) is 3.32. The number of rotatable bonds is 15. The molecule has 0 unspecified atom stereocenters. The van der Waals surface area contributed by atoms with Crippen LogP contribution in [0, 0.1) is 13.8 Å². The maximum Gasteiger partial charge on any atom is 0.411 e. The van der Waals surface area contributed by atoms with E-state index in [9.17, 15) is 41.1 Å². The first-order valence-corrected chi connectivity index (χ1v) is 29.6. The third-order valence-electron chi connectivity index (χ3n) is 14.4. The molecule has 6 N–H and O–H groups in total. The second-order valence-corrected chi connectivity index (χ2v) is 23.6. The fourth-order valence-corrected chi connectivity index (χ4v) is 12.2. The average molecular weight is 1180 g/mol. The molecule has 0 radical (unpaired) electrons. The Labute approximate surface area is 491 Å². The smallest absolute Gasteiger partial charge is 0.411 e. The summed E-state index contributed by atoms with van der Waals surface area (Å²) in [5.41, 5.74) is 6.60. The maximum atomic E-state index is 13.0. The highest BCUT2D eigenvalue weighted by Gasteiger charge is 2.24. The molecule has 2 fully saturated rings. The fourth-order valence-electron chi connectivity index (χ4n) is 10.2. The molecule has 8 aromatic rings. The minimum atomic E-state index is -4.18. The lowest BCUT2D eigenvalue weighted by atomic mass is 10.0. The molecule has 6 aromatic carbocycles. The van der Waals surface area contributed by atoms with Crippen molar-refractivity contribution in [2.24, 2.45) is 19.2 Å². The van der Waals surface area contributed by atoms with Gasteiger partial charge in [0.05, 0.1) is 37.7 Å². The van der Waals surface area contributed by atoms with E-state index in [0.717, 1.165) is 84.3 Å². The Morgan fingerprint density at radius 2 is 1.02 bits per heavy atom. The molecule has 2 aliphatic rings. The number of ether oxygens (including phenoxy) is 4. The van der Waals surface area contributed by atoms with Crippen LogP contribution in [0.4, 0.5) is 21.0 Å². The maximum absolute atomic E-state index is 13.0. The molecular formula is C62H68N6O13S2. The average Bonchev–Trinajstić information content (AvgIpc) is 2.35. The minimum Gasteiger partial charge on any atom is -0.496 e. The number of carboxylic acids is 1. The predicted octanol–water partition coefficient (Wildman–Crippen LogP) is 11.3. The van der Waals surface area contributed by atoms with Gasteiger partial charge in [-0.25, -0.2) is 41.1 Å². The Morgan fingerprint density at radius 1 is 0.590 bits per heavy atom. The number of nitrogens with two attached hydrogens (primary N) is 1. The molecule has 2 aliphatic carbocycles. The van der Waals surface area contributed by atoms with Gasteiger partial charge < -0.3 is 33.2 Å². The summed E-state index contributed by atoms with van der Waals surface area (Å²) in [6, 6.07) is 32.2. The molecule has 0 bridgehead atoms. The molecule has 10 rings (SSSR count). The molecule has 2 saturated carbocycles. The van der Waals surface area contributed by atoms with Crippen LogP contribution in [0.1, 0.15) is 114 Å². The first kappa shape index (κ1) is 52.4. The molecule has 0 aliphatic heterocycles. The van der Waals surface area contributed by atoms with E-state index in [4.69, 9.17) is 32.3 Å². The number of hydrogen-bond acceptors (Lipinski definition) is 12. The number of primary sulfonamides is 1. The summed E-state index contributed by atoms with van der Waals surface area (Å²) < 4.78 is 120. The molecule has 0 saturated heterocycles. The van der Waals surface area contributed by atoms with Crippen LogP contribution in [0.15, 0.2) is 144 Å². The van der Waals surface area contributed by atoms with Gasteiger partial charge in [-0.3, -0.25) is 15.4 Å². The number of aromatic carboxylic acids is 1. The van der Waals surface area contributed by atoms with E-state index in [1.807, 2.05) is 64.6 Å². The van der Waals surface area contributed by atoms with Crippen LogP contribution < -0.4 is 30.0 Å². The van der Waals surface area contributed by atoms with Crippen molar-refractivity contribution in [1.82, 2.24) is 13.9 Å². The van der Waals surface area contributed by atoms with Gasteiger partial charge in [0.25, 0.3) is 15.9 Å². The largest absolute Gasteiger partial charge is 0.496 e. The number of aromatic nitrogens is 2. The second kappa shape index (κ2) is 26.5. The molecule has 83 heavy (non-hydrogen) atoms. The first-order valence-electron chi connectivity index (χ1n) is 29.6. The van der Waals surface area contributed by atoms with Crippen molar-refractivity contribution in [3.05, 3.63) is 178 Å². The van der Waals surface area contributed by atoms with Crippen LogP contribution in [0.5, 0.6) is 11.5 Å². The van der Waals surface area contributed by atoms with Crippen molar-refractivity contribution in [2.75, 3.05) is 24.7 Å². The van der Waals surface area contributed by atoms with Crippen LogP contribution >= 0.6 is 0 Å². The van der Waals surface area contributed by atoms with Crippen molar-refractivity contribution in [3.63, 3.8) is 0 Å². The number of carboxylic acid groups (broad SMARTS) is 1. The number of methoxy groups -OCH3 is 2. The molecule has 0 spiro atoms. The van der Waals surface area contributed by atoms with E-state index < -0.39 is 58.2 Å². The Bertz CT molecular complexity index is 4180. The highest BCUT2D eigenvalue weighted by Crippen LogP contribution is 2.33. The highest BCUT2D eigenvalue weighted by atomic mass is 32.2. The SMILES string of the molecule is Cc1ccccc1S(N)(=O)=O.[2H]C([2H])([2H])Oc1cc(C(=O)NS(=O)(=O)c2ccccc2C)ccc1Cc1cn(C)c2ccc(NC(=O)OC3CCCC3)cc12.[2H]C([2H])([2H])Oc1cc(C(=O)O)ccc1Cc1cn(C)c2ccc(NC(=O)OC3CCCC3)cc12. The van der Waals surface area contributed by atoms with Gasteiger partial charge in [-0.05, 0) is 171 Å². The summed E-state index contributed by atoms with van der Waals surface area (Å²) in [6.07, 6.45) is 10.9. The molecule has 436 valence electrons. The molecule has 19 nitrogen and oxygen atoms in total. The Morgan fingerprint density at radius 3 is 1.45 bits per heavy atom. The van der Waals surface area contributed by atoms with Gasteiger partial charge in [0, 0.05) is 78.1 Å². The van der Waals surface area contributed by atoms with E-state index in [-0.39, 0.29) is 51.0 Å². The normalized spacial score (nSPS) is 14.9. The second-order valence-electron chi connectivity index (χ2n) is 20.4. The number of hydrogen-bond donors (Lipinski definition) is 5. The number of nitrogens with one attached hydrogen (secondary N) is 3. The van der Waals surface area contributed by atoms with Crippen molar-refractivity contribution in [2.45, 2.75) is 100 Å². The molecule has 3 amide bonds. The predicted molar refractivity (Wildman–Crippen MR) is 317 cm³/mol. The van der Waals surface area contributed by atoms with Crippen molar-refractivity contribution in [3.8, 4) is 11.5 Å². The van der Waals surface area contributed by atoms with Gasteiger partial charge in [0.15, 0.2) is 0 Å². The van der Waals surface area contributed by atoms with E-state index in [0.29, 0.717) is 40.0 Å². The monoisotopic (exact) mass is 1170 g/mol. The van der Waals surface area contributed by atoms with E-state index in [1.54, 1.807) is 68.4 Å². The van der Waals surface area contributed by atoms with Crippen LogP contribution in [-0.4, -0.2) is 81.4 Å². The van der Waals surface area contributed by atoms with E-state index in [1.165, 1.54) is 42.5 Å². The lowest BCUT2D eigenvalue weighted by molar-refractivity contribution is 0.0695. The summed E-state index contributed by atoms with van der Waals surface area (Å²) in [4.78, 5) is 49.3. The lowest BCUT2D eigenvalue weighted by Crippen LogP contribution is -2.31. The van der Waals surface area contributed by atoms with Crippen LogP contribution in [0.25, 0.3) is 21.8 Å². The van der Waals surface area contributed by atoms with Crippen LogP contribution in [-0.2, 0) is 56.5 Å². The van der Waals surface area contributed by atoms with E-state index >= 15 is 0 Å². The van der Waals surface area contributed by atoms with Gasteiger partial charge in [0.2, 0.25) is 10.0 Å². The number of aryl methyl sites for hydroxylation is 4. The number of anilines is 2. The van der Waals surface area contributed by atoms with Crippen LogP contribution in [0.2, 0.25) is 0 Å². The Kier molecular flexibility index (Phi) is 16.7. The minimum absolute atomic E-state index is 0.00803. The number of carbonyl (C=O) groups excluding carboxylic acids is 3. The third kappa shape index (κ3) is 15.3. The number of carbonyl (C=O) groups is 4. The molecular weight excluding hydrogens is 1100 g/mol. The van der Waals surface area contributed by atoms with Gasteiger partial charge in [-0.2, -0.15) is 0 Å². The molecule has 2 aromatic heterocycles. The summed E-state index contributed by atoms with van der Waals surface area (Å²) in [7, 11) is -9.50. The van der Waals surface area contributed by atoms with Crippen LogP contribution in [0.3, 0.4) is 0 Å². The first-order chi connectivity index (χ1) is 41.9. The lowest BCUT2D eigenvalue weighted by Gasteiger charge is -2.13. The standard InChI is InChI=1S/C31H33N3O6S.C24H26N2O5.C7H9NO2S/c1-20-8-4-7-11-29(20)41(37,38)33-30(35)22-13-12-21(28(17-22)39-3)16-23-19-34(2)27-15-14-24(18-26(23)27)32-31(36)40-25-9-5-6-10-25;1-26-14-17(11-15-7-8-16(23(27)28)12-22(15)30-2)20-13-18(9-10-21(20)26)25-24(29)31-19-5-3-4-6-19;1-6-4-2-3-5-7(6)11(8,9)10/h4,7-8,11-15,17-19,25H,5-6,9-10,16H2,1-3H3,(H,32,36)(H,33,35);7-10,12-14,19H,3-6,11H2,1-2H3,(H,25,29)(H,27,28);2-5H,1H3,(H2,8,9,10)/i3D3;2D3;. The zero-order chi connectivity index (χ0) is 64.6. The van der Waals surface area contributed by atoms with Gasteiger partial charge in [0.1, 0.15) is 23.7 Å². The number of nitrogens with zero attached hydrogens (tertiary/aromatic N) is 2. The summed E-state index contributed by atoms with van der Waals surface area (Å²) in [5, 5.41) is 21.5. The fraction of sp³-hybridized carbons (Fsp3) is 0.290. The number of benzene rings is 6. The quantitative estimate of drug-likeness (QED) is 0.0640. The van der Waals surface area contributed by atoms with Gasteiger partial charge >= 0.3 is 18.2 Å².